The van der Waals surface area contributed by atoms with Crippen LogP contribution in [0.5, 0.6) is 5.88 Å². The smallest absolute Gasteiger partial charge is 0.308 e. The number of halogens is 1. The van der Waals surface area contributed by atoms with E-state index in [4.69, 9.17) is 9.47 Å². The third-order valence-corrected chi connectivity index (χ3v) is 4.05. The molecule has 0 radical (unpaired) electrons. The lowest BCUT2D eigenvalue weighted by Crippen LogP contribution is -2.46. The number of ether oxygens (including phenoxy) is 2. The van der Waals surface area contributed by atoms with Gasteiger partial charge in [-0.1, -0.05) is 6.07 Å². The van der Waals surface area contributed by atoms with Gasteiger partial charge in [0, 0.05) is 25.7 Å². The predicted molar refractivity (Wildman–Crippen MR) is 107 cm³/mol. The Morgan fingerprint density at radius 2 is 2.08 bits per heavy atom. The molecule has 7 nitrogen and oxygen atoms in total. The average Bonchev–Trinajstić information content (AvgIpc) is 2.64. The number of carbonyl (C=O) groups excluding carboxylic acids is 1. The maximum atomic E-state index is 11.6. The zero-order valence-corrected chi connectivity index (χ0v) is 17.4. The molecule has 0 bridgehead atoms. The average molecular weight is 462 g/mol. The minimum atomic E-state index is -0.114. The van der Waals surface area contributed by atoms with Gasteiger partial charge in [0.15, 0.2) is 5.96 Å². The molecule has 8 heteroatoms. The molecule has 2 heterocycles. The quantitative estimate of drug-likeness (QED) is 0.313. The van der Waals surface area contributed by atoms with Crippen molar-refractivity contribution >= 4 is 35.9 Å². The number of nitrogens with zero attached hydrogens (tertiary/aromatic N) is 3. The Balaban J connectivity index is 0.00000312. The van der Waals surface area contributed by atoms with Gasteiger partial charge in [0.05, 0.1) is 32.4 Å². The Morgan fingerprint density at radius 3 is 2.68 bits per heavy atom. The summed E-state index contributed by atoms with van der Waals surface area (Å²) in [5.41, 5.74) is 0.856. The number of hydrogen-bond donors (Lipinski definition) is 1. The van der Waals surface area contributed by atoms with Crippen molar-refractivity contribution in [1.82, 2.24) is 15.2 Å². The molecule has 2 rings (SSSR count). The normalized spacial score (nSPS) is 15.3. The van der Waals surface area contributed by atoms with Gasteiger partial charge in [0.25, 0.3) is 0 Å². The van der Waals surface area contributed by atoms with Gasteiger partial charge in [-0.2, -0.15) is 0 Å². The number of nitrogens with one attached hydrogen (secondary N) is 1. The standard InChI is InChI=1S/C17H26N4O3.HI/c1-4-18-17(19-12-14-6-5-7-15(20-14)23-2)21-10-8-13(9-11-21)16(22)24-3;/h5-7,13H,4,8-12H2,1-3H3,(H,18,19);1H. The van der Waals surface area contributed by atoms with E-state index in [0.29, 0.717) is 12.4 Å². The summed E-state index contributed by atoms with van der Waals surface area (Å²) in [4.78, 5) is 22.9. The van der Waals surface area contributed by atoms with E-state index in [0.717, 1.165) is 44.1 Å². The summed E-state index contributed by atoms with van der Waals surface area (Å²) in [6.45, 7) is 4.90. The molecule has 0 saturated carbocycles. The van der Waals surface area contributed by atoms with Gasteiger partial charge in [0.1, 0.15) is 0 Å². The summed E-state index contributed by atoms with van der Waals surface area (Å²) in [5, 5.41) is 3.31. The van der Waals surface area contributed by atoms with Crippen molar-refractivity contribution < 1.29 is 14.3 Å². The van der Waals surface area contributed by atoms with Crippen LogP contribution < -0.4 is 10.1 Å². The number of aliphatic imine (C=N–C) groups is 1. The van der Waals surface area contributed by atoms with Crippen LogP contribution in [0.25, 0.3) is 0 Å². The van der Waals surface area contributed by atoms with Crippen molar-refractivity contribution in [2.24, 2.45) is 10.9 Å². The number of rotatable bonds is 5. The molecule has 1 aromatic heterocycles. The number of likely N-dealkylation sites (tertiary alicyclic amines) is 1. The van der Waals surface area contributed by atoms with Crippen LogP contribution in [0.15, 0.2) is 23.2 Å². The van der Waals surface area contributed by atoms with Gasteiger partial charge in [-0.05, 0) is 25.8 Å². The van der Waals surface area contributed by atoms with E-state index in [9.17, 15) is 4.79 Å². The minimum Gasteiger partial charge on any atom is -0.481 e. The van der Waals surface area contributed by atoms with Crippen LogP contribution in [0.3, 0.4) is 0 Å². The van der Waals surface area contributed by atoms with Crippen LogP contribution in [0.2, 0.25) is 0 Å². The first kappa shape index (κ1) is 21.5. The highest BCUT2D eigenvalue weighted by Crippen LogP contribution is 2.18. The lowest BCUT2D eigenvalue weighted by molar-refractivity contribution is -0.146. The van der Waals surface area contributed by atoms with E-state index in [1.807, 2.05) is 25.1 Å². The number of guanidine groups is 1. The summed E-state index contributed by atoms with van der Waals surface area (Å²) in [7, 11) is 3.05. The lowest BCUT2D eigenvalue weighted by Gasteiger charge is -2.33. The Kier molecular flexibility index (Phi) is 9.54. The number of hydrogen-bond acceptors (Lipinski definition) is 5. The van der Waals surface area contributed by atoms with Crippen molar-refractivity contribution in [2.75, 3.05) is 33.9 Å². The fraction of sp³-hybridized carbons (Fsp3) is 0.588. The number of methoxy groups -OCH3 is 2. The first-order valence-electron chi connectivity index (χ1n) is 8.29. The fourth-order valence-electron chi connectivity index (χ4n) is 2.73. The second kappa shape index (κ2) is 11.1. The van der Waals surface area contributed by atoms with Crippen LogP contribution in [0.1, 0.15) is 25.5 Å². The molecule has 0 unspecified atom stereocenters. The highest BCUT2D eigenvalue weighted by Gasteiger charge is 2.26. The van der Waals surface area contributed by atoms with Gasteiger partial charge in [-0.3, -0.25) is 4.79 Å². The SMILES string of the molecule is CCNC(=NCc1cccc(OC)n1)N1CCC(C(=O)OC)CC1.I. The van der Waals surface area contributed by atoms with Gasteiger partial charge in [0.2, 0.25) is 5.88 Å². The summed E-state index contributed by atoms with van der Waals surface area (Å²) >= 11 is 0. The van der Waals surface area contributed by atoms with Crippen LogP contribution >= 0.6 is 24.0 Å². The Bertz CT molecular complexity index is 575. The van der Waals surface area contributed by atoms with Crippen LogP contribution in [0, 0.1) is 5.92 Å². The molecule has 1 aliphatic rings. The van der Waals surface area contributed by atoms with E-state index >= 15 is 0 Å². The third kappa shape index (κ3) is 6.33. The van der Waals surface area contributed by atoms with Crippen molar-refractivity contribution in [1.29, 1.82) is 0 Å². The van der Waals surface area contributed by atoms with E-state index in [2.05, 4.69) is 20.2 Å². The van der Waals surface area contributed by atoms with Crippen LogP contribution in [0.4, 0.5) is 0 Å². The molecule has 1 saturated heterocycles. The summed E-state index contributed by atoms with van der Waals surface area (Å²) in [5.74, 6) is 1.32. The monoisotopic (exact) mass is 462 g/mol. The van der Waals surface area contributed by atoms with Gasteiger partial charge in [-0.25, -0.2) is 9.98 Å². The van der Waals surface area contributed by atoms with E-state index < -0.39 is 0 Å². The molecule has 1 aliphatic heterocycles. The second-order valence-corrected chi connectivity index (χ2v) is 5.63. The lowest BCUT2D eigenvalue weighted by atomic mass is 9.97. The molecular weight excluding hydrogens is 435 g/mol. The Hall–Kier alpha value is -1.58. The molecule has 0 atom stereocenters. The third-order valence-electron chi connectivity index (χ3n) is 4.05. The molecular formula is C17H27IN4O3. The number of pyridine rings is 1. The highest BCUT2D eigenvalue weighted by atomic mass is 127. The summed E-state index contributed by atoms with van der Waals surface area (Å²) in [6.07, 6.45) is 1.57. The van der Waals surface area contributed by atoms with Crippen LogP contribution in [-0.2, 0) is 16.1 Å². The summed E-state index contributed by atoms with van der Waals surface area (Å²) in [6, 6.07) is 5.65. The molecule has 140 valence electrons. The van der Waals surface area contributed by atoms with Crippen molar-refractivity contribution in [3.8, 4) is 5.88 Å². The molecule has 1 N–H and O–H groups in total. The van der Waals surface area contributed by atoms with Crippen molar-refractivity contribution in [3.63, 3.8) is 0 Å². The first-order chi connectivity index (χ1) is 11.7. The molecule has 0 aromatic carbocycles. The second-order valence-electron chi connectivity index (χ2n) is 5.63. The molecule has 0 amide bonds. The van der Waals surface area contributed by atoms with E-state index in [1.165, 1.54) is 7.11 Å². The molecule has 25 heavy (non-hydrogen) atoms. The van der Waals surface area contributed by atoms with Gasteiger partial charge in [-0.15, -0.1) is 24.0 Å². The number of carbonyl (C=O) groups is 1. The fourth-order valence-corrected chi connectivity index (χ4v) is 2.73. The predicted octanol–water partition coefficient (Wildman–Crippen LogP) is 2.06. The Labute approximate surface area is 166 Å². The zero-order chi connectivity index (χ0) is 17.4. The topological polar surface area (TPSA) is 76.1 Å². The van der Waals surface area contributed by atoms with Gasteiger partial charge < -0.3 is 19.7 Å². The first-order valence-corrected chi connectivity index (χ1v) is 8.29. The van der Waals surface area contributed by atoms with Crippen molar-refractivity contribution in [3.05, 3.63) is 23.9 Å². The van der Waals surface area contributed by atoms with E-state index in [-0.39, 0.29) is 35.9 Å². The van der Waals surface area contributed by atoms with Crippen LogP contribution in [-0.4, -0.2) is 55.7 Å². The highest BCUT2D eigenvalue weighted by molar-refractivity contribution is 14.0. The maximum Gasteiger partial charge on any atom is 0.308 e. The van der Waals surface area contributed by atoms with Crippen molar-refractivity contribution in [2.45, 2.75) is 26.3 Å². The maximum absolute atomic E-state index is 11.6. The molecule has 0 spiro atoms. The Morgan fingerprint density at radius 1 is 1.36 bits per heavy atom. The number of esters is 1. The molecule has 1 fully saturated rings. The largest absolute Gasteiger partial charge is 0.481 e. The summed E-state index contributed by atoms with van der Waals surface area (Å²) < 4.78 is 9.98. The minimum absolute atomic E-state index is 0. The number of piperidine rings is 1. The van der Waals surface area contributed by atoms with E-state index in [1.54, 1.807) is 7.11 Å². The number of aromatic nitrogens is 1. The zero-order valence-electron chi connectivity index (χ0n) is 15.0. The van der Waals surface area contributed by atoms with Gasteiger partial charge >= 0.3 is 5.97 Å². The molecule has 1 aromatic rings. The molecule has 0 aliphatic carbocycles.